The van der Waals surface area contributed by atoms with Gasteiger partial charge in [0.2, 0.25) is 0 Å². The number of hydrogen-bond acceptors (Lipinski definition) is 2. The molecule has 0 radical (unpaired) electrons. The van der Waals surface area contributed by atoms with Crippen LogP contribution in [-0.4, -0.2) is 10.9 Å². The molecule has 0 atom stereocenters. The molecule has 2 aromatic rings. The topological polar surface area (TPSA) is 42.0 Å². The zero-order chi connectivity index (χ0) is 13.1. The van der Waals surface area contributed by atoms with Crippen LogP contribution in [0.15, 0.2) is 41.1 Å². The van der Waals surface area contributed by atoms with Crippen LogP contribution >= 0.6 is 38.5 Å². The lowest BCUT2D eigenvalue weighted by Gasteiger charge is -2.08. The molecule has 0 fully saturated rings. The summed E-state index contributed by atoms with van der Waals surface area (Å²) >= 11 is 5.48. The summed E-state index contributed by atoms with van der Waals surface area (Å²) in [6, 6.07) is 9.37. The zero-order valence-corrected chi connectivity index (χ0v) is 13.3. The van der Waals surface area contributed by atoms with E-state index in [4.69, 9.17) is 0 Å². The van der Waals surface area contributed by atoms with Crippen molar-refractivity contribution in [1.82, 2.24) is 4.98 Å². The van der Waals surface area contributed by atoms with E-state index >= 15 is 0 Å². The number of amides is 1. The van der Waals surface area contributed by atoms with E-state index in [1.54, 1.807) is 18.3 Å². The first-order valence-corrected chi connectivity index (χ1v) is 7.12. The summed E-state index contributed by atoms with van der Waals surface area (Å²) in [5.41, 5.74) is 2.40. The lowest BCUT2D eigenvalue weighted by Crippen LogP contribution is -2.13. The van der Waals surface area contributed by atoms with Crippen LogP contribution in [0.25, 0.3) is 0 Å². The summed E-state index contributed by atoms with van der Waals surface area (Å²) < 4.78 is 1.86. The van der Waals surface area contributed by atoms with Crippen molar-refractivity contribution in [2.24, 2.45) is 0 Å². The number of pyridine rings is 1. The summed E-state index contributed by atoms with van der Waals surface area (Å²) in [7, 11) is 0. The minimum atomic E-state index is -0.153. The third kappa shape index (κ3) is 3.29. The van der Waals surface area contributed by atoms with Crippen molar-refractivity contribution in [3.8, 4) is 0 Å². The first-order chi connectivity index (χ1) is 8.56. The van der Waals surface area contributed by atoms with Gasteiger partial charge in [0.15, 0.2) is 0 Å². The highest BCUT2D eigenvalue weighted by atomic mass is 127. The van der Waals surface area contributed by atoms with E-state index in [2.05, 4.69) is 48.8 Å². The molecule has 1 heterocycles. The predicted molar refractivity (Wildman–Crippen MR) is 83.8 cm³/mol. The molecular weight excluding hydrogens is 407 g/mol. The van der Waals surface area contributed by atoms with Crippen LogP contribution < -0.4 is 5.32 Å². The van der Waals surface area contributed by atoms with Gasteiger partial charge >= 0.3 is 0 Å². The number of anilines is 1. The van der Waals surface area contributed by atoms with Crippen molar-refractivity contribution in [2.45, 2.75) is 6.92 Å². The molecule has 92 valence electrons. The van der Waals surface area contributed by atoms with Gasteiger partial charge in [0.25, 0.3) is 5.91 Å². The molecule has 1 N–H and O–H groups in total. The zero-order valence-electron chi connectivity index (χ0n) is 9.58. The maximum Gasteiger partial charge on any atom is 0.257 e. The Balaban J connectivity index is 2.18. The Hall–Kier alpha value is -0.950. The molecule has 1 amide bonds. The third-order valence-electron chi connectivity index (χ3n) is 2.43. The monoisotopic (exact) mass is 416 g/mol. The fraction of sp³-hybridized carbons (Fsp3) is 0.0769. The molecule has 0 aliphatic heterocycles. The van der Waals surface area contributed by atoms with Crippen LogP contribution in [0.2, 0.25) is 0 Å². The fourth-order valence-corrected chi connectivity index (χ4v) is 2.35. The van der Waals surface area contributed by atoms with Crippen molar-refractivity contribution in [3.63, 3.8) is 0 Å². The second-order valence-electron chi connectivity index (χ2n) is 3.78. The van der Waals surface area contributed by atoms with Crippen molar-refractivity contribution in [1.29, 1.82) is 0 Å². The van der Waals surface area contributed by atoms with Crippen LogP contribution in [0, 0.1) is 10.5 Å². The molecule has 0 saturated heterocycles. The summed E-state index contributed by atoms with van der Waals surface area (Å²) in [5, 5.41) is 2.88. The molecule has 18 heavy (non-hydrogen) atoms. The third-order valence-corrected chi connectivity index (χ3v) is 3.57. The first-order valence-electron chi connectivity index (χ1n) is 5.25. The summed E-state index contributed by atoms with van der Waals surface area (Å²) in [5.74, 6) is -0.153. The van der Waals surface area contributed by atoms with E-state index in [1.165, 1.54) is 0 Å². The molecule has 3 nitrogen and oxygen atoms in total. The minimum absolute atomic E-state index is 0.153. The van der Waals surface area contributed by atoms with Gasteiger partial charge in [0.1, 0.15) is 4.60 Å². The second kappa shape index (κ2) is 5.79. The summed E-state index contributed by atoms with van der Waals surface area (Å²) in [6.45, 7) is 1.97. The number of nitrogens with one attached hydrogen (secondary N) is 1. The Kier molecular flexibility index (Phi) is 4.34. The van der Waals surface area contributed by atoms with Gasteiger partial charge in [-0.25, -0.2) is 4.98 Å². The molecule has 0 saturated carbocycles. The molecule has 2 rings (SSSR count). The Labute approximate surface area is 127 Å². The van der Waals surface area contributed by atoms with Crippen molar-refractivity contribution in [3.05, 3.63) is 55.8 Å². The van der Waals surface area contributed by atoms with Crippen LogP contribution in [0.4, 0.5) is 5.69 Å². The minimum Gasteiger partial charge on any atom is -0.322 e. The van der Waals surface area contributed by atoms with Gasteiger partial charge in [-0.15, -0.1) is 0 Å². The first kappa shape index (κ1) is 13.5. The normalized spacial score (nSPS) is 10.2. The van der Waals surface area contributed by atoms with Gasteiger partial charge in [-0.3, -0.25) is 4.79 Å². The predicted octanol–water partition coefficient (Wildman–Crippen LogP) is 4.01. The van der Waals surface area contributed by atoms with Gasteiger partial charge in [-0.1, -0.05) is 0 Å². The molecule has 1 aromatic heterocycles. The lowest BCUT2D eigenvalue weighted by molar-refractivity contribution is 0.102. The Bertz CT molecular complexity index is 584. The highest BCUT2D eigenvalue weighted by molar-refractivity contribution is 14.1. The van der Waals surface area contributed by atoms with Crippen LogP contribution in [0.1, 0.15) is 15.9 Å². The lowest BCUT2D eigenvalue weighted by atomic mass is 10.2. The van der Waals surface area contributed by atoms with Crippen LogP contribution in [-0.2, 0) is 0 Å². The second-order valence-corrected chi connectivity index (χ2v) is 5.84. The molecule has 0 aliphatic rings. The standard InChI is InChI=1S/C13H10BrIN2O/c1-8-6-10(15)3-4-11(8)17-13(18)9-2-5-12(14)16-7-9/h2-7H,1H3,(H,17,18). The van der Waals surface area contributed by atoms with E-state index in [-0.39, 0.29) is 5.91 Å². The average Bonchev–Trinajstić information content (AvgIpc) is 2.33. The SMILES string of the molecule is Cc1cc(I)ccc1NC(=O)c1ccc(Br)nc1. The van der Waals surface area contributed by atoms with Crippen LogP contribution in [0.3, 0.4) is 0 Å². The maximum absolute atomic E-state index is 12.0. The number of carbonyl (C=O) groups excluding carboxylic acids is 1. The van der Waals surface area contributed by atoms with E-state index in [9.17, 15) is 4.79 Å². The summed E-state index contributed by atoms with van der Waals surface area (Å²) in [6.07, 6.45) is 1.54. The van der Waals surface area contributed by atoms with Crippen molar-refractivity contribution in [2.75, 3.05) is 5.32 Å². The number of nitrogens with zero attached hydrogens (tertiary/aromatic N) is 1. The smallest absolute Gasteiger partial charge is 0.257 e. The van der Waals surface area contributed by atoms with E-state index in [0.29, 0.717) is 10.2 Å². The van der Waals surface area contributed by atoms with Gasteiger partial charge in [0, 0.05) is 15.5 Å². The molecule has 0 spiro atoms. The quantitative estimate of drug-likeness (QED) is 0.593. The van der Waals surface area contributed by atoms with Gasteiger partial charge in [-0.2, -0.15) is 0 Å². The highest BCUT2D eigenvalue weighted by Crippen LogP contribution is 2.18. The van der Waals surface area contributed by atoms with Gasteiger partial charge in [-0.05, 0) is 81.3 Å². The highest BCUT2D eigenvalue weighted by Gasteiger charge is 2.08. The Morgan fingerprint density at radius 3 is 2.72 bits per heavy atom. The fourth-order valence-electron chi connectivity index (χ4n) is 1.47. The molecule has 5 heteroatoms. The van der Waals surface area contributed by atoms with E-state index in [1.807, 2.05) is 25.1 Å². The Morgan fingerprint density at radius 1 is 1.33 bits per heavy atom. The Morgan fingerprint density at radius 2 is 2.11 bits per heavy atom. The van der Waals surface area contributed by atoms with Gasteiger partial charge < -0.3 is 5.32 Å². The number of halogens is 2. The molecule has 0 aliphatic carbocycles. The molecular formula is C13H10BrIN2O. The number of benzene rings is 1. The molecule has 0 bridgehead atoms. The molecule has 0 unspecified atom stereocenters. The maximum atomic E-state index is 12.0. The number of carbonyl (C=O) groups is 1. The molecule has 1 aromatic carbocycles. The number of aryl methyl sites for hydroxylation is 1. The van der Waals surface area contributed by atoms with Crippen LogP contribution in [0.5, 0.6) is 0 Å². The summed E-state index contributed by atoms with van der Waals surface area (Å²) in [4.78, 5) is 16.0. The number of aromatic nitrogens is 1. The van der Waals surface area contributed by atoms with Crippen molar-refractivity contribution >= 4 is 50.1 Å². The number of hydrogen-bond donors (Lipinski definition) is 1. The number of rotatable bonds is 2. The van der Waals surface area contributed by atoms with Crippen molar-refractivity contribution < 1.29 is 4.79 Å². The van der Waals surface area contributed by atoms with E-state index < -0.39 is 0 Å². The van der Waals surface area contributed by atoms with Gasteiger partial charge in [0.05, 0.1) is 5.56 Å². The largest absolute Gasteiger partial charge is 0.322 e. The van der Waals surface area contributed by atoms with E-state index in [0.717, 1.165) is 14.8 Å². The average molecular weight is 417 g/mol.